The molecule has 0 aliphatic heterocycles. The minimum absolute atomic E-state index is 0.0784. The summed E-state index contributed by atoms with van der Waals surface area (Å²) in [5.74, 6) is 0.294. The molecule has 1 atom stereocenters. The van der Waals surface area contributed by atoms with E-state index < -0.39 is 5.25 Å². The van der Waals surface area contributed by atoms with Gasteiger partial charge in [0.05, 0.1) is 0 Å². The van der Waals surface area contributed by atoms with Crippen LogP contribution in [-0.4, -0.2) is 18.4 Å². The summed E-state index contributed by atoms with van der Waals surface area (Å²) in [6.45, 7) is -0.0784. The molecule has 0 aliphatic carbocycles. The third kappa shape index (κ3) is 6.41. The van der Waals surface area contributed by atoms with Crippen LogP contribution in [0, 0.1) is 0 Å². The SMILES string of the molecule is O=C(COc1ccccc1)Nc1ccc(SC(C(=O)Nc2cccc3ccccc23)c2ccccc2)cc1. The van der Waals surface area contributed by atoms with Crippen LogP contribution in [0.3, 0.4) is 0 Å². The Morgan fingerprint density at radius 1 is 0.684 bits per heavy atom. The summed E-state index contributed by atoms with van der Waals surface area (Å²) in [6.07, 6.45) is 0. The molecule has 5 aromatic carbocycles. The Hall–Kier alpha value is -4.55. The van der Waals surface area contributed by atoms with Crippen molar-refractivity contribution in [3.8, 4) is 5.75 Å². The summed E-state index contributed by atoms with van der Waals surface area (Å²) in [5.41, 5.74) is 2.35. The van der Waals surface area contributed by atoms with Crippen molar-refractivity contribution in [1.29, 1.82) is 0 Å². The van der Waals surface area contributed by atoms with Gasteiger partial charge in [-0.25, -0.2) is 0 Å². The van der Waals surface area contributed by atoms with Crippen LogP contribution in [0.4, 0.5) is 11.4 Å². The largest absolute Gasteiger partial charge is 0.484 e. The van der Waals surface area contributed by atoms with Crippen molar-refractivity contribution in [2.45, 2.75) is 10.1 Å². The first-order valence-corrected chi connectivity index (χ1v) is 13.1. The Morgan fingerprint density at radius 2 is 1.34 bits per heavy atom. The molecule has 5 rings (SSSR count). The van der Waals surface area contributed by atoms with Crippen LogP contribution in [-0.2, 0) is 9.59 Å². The summed E-state index contributed by atoms with van der Waals surface area (Å²) in [7, 11) is 0. The normalized spacial score (nSPS) is 11.5. The summed E-state index contributed by atoms with van der Waals surface area (Å²) in [5, 5.41) is 7.59. The zero-order valence-electron chi connectivity index (χ0n) is 20.5. The third-order valence-corrected chi connectivity index (χ3v) is 7.16. The second-order valence-electron chi connectivity index (χ2n) is 8.60. The van der Waals surface area contributed by atoms with E-state index in [1.807, 2.05) is 115 Å². The highest BCUT2D eigenvalue weighted by Gasteiger charge is 2.23. The van der Waals surface area contributed by atoms with Crippen molar-refractivity contribution in [1.82, 2.24) is 0 Å². The molecule has 6 heteroatoms. The standard InChI is InChI=1S/C32H26N2O3S/c35-30(22-37-26-14-5-2-6-15-26)33-25-18-20-27(21-19-25)38-31(24-11-3-1-4-12-24)32(36)34-29-17-9-13-23-10-7-8-16-28(23)29/h1-21,31H,22H2,(H,33,35)(H,34,36). The second-order valence-corrected chi connectivity index (χ2v) is 9.78. The fourth-order valence-corrected chi connectivity index (χ4v) is 5.07. The number of para-hydroxylation sites is 1. The summed E-state index contributed by atoms with van der Waals surface area (Å²) < 4.78 is 5.51. The van der Waals surface area contributed by atoms with Gasteiger partial charge in [0.1, 0.15) is 11.0 Å². The Morgan fingerprint density at radius 3 is 2.11 bits per heavy atom. The molecule has 1 unspecified atom stereocenters. The summed E-state index contributed by atoms with van der Waals surface area (Å²) in [6, 6.07) is 40.3. The van der Waals surface area contributed by atoms with Gasteiger partial charge in [0, 0.05) is 21.7 Å². The first-order valence-electron chi connectivity index (χ1n) is 12.2. The van der Waals surface area contributed by atoms with Crippen molar-refractivity contribution in [3.63, 3.8) is 0 Å². The molecule has 0 saturated heterocycles. The molecule has 188 valence electrons. The number of fused-ring (bicyclic) bond motifs is 1. The molecular weight excluding hydrogens is 492 g/mol. The van der Waals surface area contributed by atoms with E-state index in [0.29, 0.717) is 11.4 Å². The maximum Gasteiger partial charge on any atom is 0.262 e. The quantitative estimate of drug-likeness (QED) is 0.201. The van der Waals surface area contributed by atoms with E-state index in [-0.39, 0.29) is 18.4 Å². The molecule has 0 aromatic heterocycles. The maximum absolute atomic E-state index is 13.6. The van der Waals surface area contributed by atoms with Crippen molar-refractivity contribution in [2.75, 3.05) is 17.2 Å². The first kappa shape index (κ1) is 25.1. The number of rotatable bonds is 9. The fraction of sp³-hybridized carbons (Fsp3) is 0.0625. The Kier molecular flexibility index (Phi) is 8.01. The lowest BCUT2D eigenvalue weighted by Gasteiger charge is -2.18. The monoisotopic (exact) mass is 518 g/mol. The van der Waals surface area contributed by atoms with Crippen molar-refractivity contribution < 1.29 is 14.3 Å². The number of benzene rings is 5. The number of nitrogens with one attached hydrogen (secondary N) is 2. The highest BCUT2D eigenvalue weighted by atomic mass is 32.2. The summed E-state index contributed by atoms with van der Waals surface area (Å²) >= 11 is 1.46. The lowest BCUT2D eigenvalue weighted by molar-refractivity contribution is -0.118. The molecule has 0 saturated carbocycles. The number of hydrogen-bond donors (Lipinski definition) is 2. The molecule has 0 heterocycles. The Balaban J connectivity index is 1.27. The molecule has 0 fully saturated rings. The van der Waals surface area contributed by atoms with Crippen LogP contribution >= 0.6 is 11.8 Å². The molecule has 38 heavy (non-hydrogen) atoms. The molecular formula is C32H26N2O3S. The van der Waals surface area contributed by atoms with E-state index in [1.54, 1.807) is 12.1 Å². The minimum atomic E-state index is -0.463. The van der Waals surface area contributed by atoms with Gasteiger partial charge in [-0.05, 0) is 53.4 Å². The van der Waals surface area contributed by atoms with Gasteiger partial charge in [-0.1, -0.05) is 84.9 Å². The number of carbonyl (C=O) groups is 2. The number of carbonyl (C=O) groups excluding carboxylic acids is 2. The number of thioether (sulfide) groups is 1. The number of hydrogen-bond acceptors (Lipinski definition) is 4. The average molecular weight is 519 g/mol. The molecule has 5 aromatic rings. The van der Waals surface area contributed by atoms with E-state index in [2.05, 4.69) is 10.6 Å². The zero-order valence-corrected chi connectivity index (χ0v) is 21.4. The highest BCUT2D eigenvalue weighted by Crippen LogP contribution is 2.37. The average Bonchev–Trinajstić information content (AvgIpc) is 2.97. The van der Waals surface area contributed by atoms with Gasteiger partial charge in [0.2, 0.25) is 5.91 Å². The van der Waals surface area contributed by atoms with Gasteiger partial charge in [-0.2, -0.15) is 0 Å². The molecule has 0 radical (unpaired) electrons. The van der Waals surface area contributed by atoms with Gasteiger partial charge in [-0.15, -0.1) is 11.8 Å². The van der Waals surface area contributed by atoms with Crippen LogP contribution in [0.5, 0.6) is 5.75 Å². The minimum Gasteiger partial charge on any atom is -0.484 e. The fourth-order valence-electron chi connectivity index (χ4n) is 4.05. The van der Waals surface area contributed by atoms with E-state index in [4.69, 9.17) is 4.74 Å². The lowest BCUT2D eigenvalue weighted by Crippen LogP contribution is -2.20. The predicted octanol–water partition coefficient (Wildman–Crippen LogP) is 7.33. The number of amides is 2. The highest BCUT2D eigenvalue weighted by molar-refractivity contribution is 8.00. The van der Waals surface area contributed by atoms with Crippen molar-refractivity contribution in [2.24, 2.45) is 0 Å². The number of ether oxygens (including phenoxy) is 1. The number of anilines is 2. The van der Waals surface area contributed by atoms with Gasteiger partial charge in [0.15, 0.2) is 6.61 Å². The molecule has 0 spiro atoms. The van der Waals surface area contributed by atoms with Crippen LogP contribution in [0.15, 0.2) is 132 Å². The Labute approximate surface area is 225 Å². The third-order valence-electron chi connectivity index (χ3n) is 5.89. The van der Waals surface area contributed by atoms with E-state index in [9.17, 15) is 9.59 Å². The summed E-state index contributed by atoms with van der Waals surface area (Å²) in [4.78, 5) is 26.8. The molecule has 0 aliphatic rings. The van der Waals surface area contributed by atoms with E-state index >= 15 is 0 Å². The second kappa shape index (κ2) is 12.1. The topological polar surface area (TPSA) is 67.4 Å². The molecule has 2 amide bonds. The van der Waals surface area contributed by atoms with Crippen LogP contribution in [0.2, 0.25) is 0 Å². The van der Waals surface area contributed by atoms with Crippen molar-refractivity contribution in [3.05, 3.63) is 133 Å². The zero-order chi connectivity index (χ0) is 26.2. The first-order chi connectivity index (χ1) is 18.7. The van der Waals surface area contributed by atoms with Crippen molar-refractivity contribution >= 4 is 45.7 Å². The van der Waals surface area contributed by atoms with Gasteiger partial charge in [-0.3, -0.25) is 9.59 Å². The van der Waals surface area contributed by atoms with Gasteiger partial charge >= 0.3 is 0 Å². The van der Waals surface area contributed by atoms with E-state index in [0.717, 1.165) is 26.9 Å². The van der Waals surface area contributed by atoms with Crippen LogP contribution in [0.25, 0.3) is 10.8 Å². The maximum atomic E-state index is 13.6. The molecule has 5 nitrogen and oxygen atoms in total. The molecule has 0 bridgehead atoms. The van der Waals surface area contributed by atoms with Gasteiger partial charge < -0.3 is 15.4 Å². The van der Waals surface area contributed by atoms with Gasteiger partial charge in [0.25, 0.3) is 5.91 Å². The predicted molar refractivity (Wildman–Crippen MR) is 155 cm³/mol. The lowest BCUT2D eigenvalue weighted by atomic mass is 10.1. The van der Waals surface area contributed by atoms with Crippen LogP contribution in [0.1, 0.15) is 10.8 Å². The molecule has 2 N–H and O–H groups in total. The van der Waals surface area contributed by atoms with E-state index in [1.165, 1.54) is 11.8 Å². The smallest absolute Gasteiger partial charge is 0.262 e. The van der Waals surface area contributed by atoms with Crippen LogP contribution < -0.4 is 15.4 Å². The Bertz CT molecular complexity index is 1520.